The number of carbonyl (C=O) groups excluding carboxylic acids is 1. The van der Waals surface area contributed by atoms with Crippen LogP contribution >= 0.6 is 0 Å². The summed E-state index contributed by atoms with van der Waals surface area (Å²) in [4.78, 5) is 17.9. The molecule has 1 aliphatic heterocycles. The molecular weight excluding hydrogens is 484 g/mol. The molecule has 0 radical (unpaired) electrons. The first kappa shape index (κ1) is 24.6. The van der Waals surface area contributed by atoms with Crippen molar-refractivity contribution in [2.24, 2.45) is 13.0 Å². The number of nitrogens with zero attached hydrogens (tertiary/aromatic N) is 3. The molecule has 3 fully saturated rings. The summed E-state index contributed by atoms with van der Waals surface area (Å²) in [7, 11) is -1.68. The fourth-order valence-corrected chi connectivity index (χ4v) is 7.44. The first-order valence-electron chi connectivity index (χ1n) is 13.6. The number of hydrogen-bond acceptors (Lipinski definition) is 4. The van der Waals surface area contributed by atoms with Gasteiger partial charge in [0.2, 0.25) is 15.9 Å². The Bertz CT molecular complexity index is 1380. The molecule has 8 heteroatoms. The van der Waals surface area contributed by atoms with E-state index in [9.17, 15) is 13.2 Å². The number of hydrogen-bond donors (Lipinski definition) is 1. The summed E-state index contributed by atoms with van der Waals surface area (Å²) in [5.41, 5.74) is 3.03. The van der Waals surface area contributed by atoms with E-state index < -0.39 is 10.0 Å². The summed E-state index contributed by atoms with van der Waals surface area (Å²) in [5.74, 6) is 0.282. The van der Waals surface area contributed by atoms with Crippen molar-refractivity contribution in [2.75, 3.05) is 26.2 Å². The highest BCUT2D eigenvalue weighted by Gasteiger charge is 2.35. The van der Waals surface area contributed by atoms with Crippen molar-refractivity contribution >= 4 is 26.8 Å². The van der Waals surface area contributed by atoms with Gasteiger partial charge >= 0.3 is 0 Å². The van der Waals surface area contributed by atoms with Gasteiger partial charge in [-0.15, -0.1) is 0 Å². The van der Waals surface area contributed by atoms with Crippen LogP contribution in [0.4, 0.5) is 0 Å². The van der Waals surface area contributed by atoms with Crippen LogP contribution in [-0.2, 0) is 21.9 Å². The molecule has 37 heavy (non-hydrogen) atoms. The van der Waals surface area contributed by atoms with Crippen molar-refractivity contribution in [1.29, 1.82) is 0 Å². The zero-order valence-corrected chi connectivity index (χ0v) is 22.3. The molecule has 1 N–H and O–H groups in total. The van der Waals surface area contributed by atoms with Crippen molar-refractivity contribution in [2.45, 2.75) is 55.5 Å². The molecule has 0 bridgehead atoms. The molecule has 3 aromatic rings. The number of carbonyl (C=O) groups is 1. The van der Waals surface area contributed by atoms with Crippen molar-refractivity contribution in [3.05, 3.63) is 54.6 Å². The van der Waals surface area contributed by atoms with Crippen LogP contribution in [0, 0.1) is 5.92 Å². The van der Waals surface area contributed by atoms with Crippen LogP contribution in [0.5, 0.6) is 0 Å². The zero-order chi connectivity index (χ0) is 25.6. The highest BCUT2D eigenvalue weighted by molar-refractivity contribution is 7.89. The second kappa shape index (κ2) is 9.89. The SMILES string of the molecule is Cn1c(-c2ccccc2)cc2ccc(S(=O)(=O)N[C@H]3CC[C@H](C(=O)N4CCN(C5CC5)CC4)CC3)cc21. The number of amides is 1. The molecule has 7 nitrogen and oxygen atoms in total. The minimum Gasteiger partial charge on any atom is -0.344 e. The quantitative estimate of drug-likeness (QED) is 0.533. The summed E-state index contributed by atoms with van der Waals surface area (Å²) in [6.45, 7) is 3.64. The lowest BCUT2D eigenvalue weighted by Crippen LogP contribution is -2.51. The van der Waals surface area contributed by atoms with E-state index >= 15 is 0 Å². The van der Waals surface area contributed by atoms with Crippen LogP contribution < -0.4 is 4.72 Å². The van der Waals surface area contributed by atoms with Gasteiger partial charge in [0.05, 0.1) is 4.90 Å². The predicted molar refractivity (Wildman–Crippen MR) is 146 cm³/mol. The molecule has 196 valence electrons. The van der Waals surface area contributed by atoms with Crippen molar-refractivity contribution < 1.29 is 13.2 Å². The van der Waals surface area contributed by atoms with Crippen molar-refractivity contribution in [3.8, 4) is 11.3 Å². The van der Waals surface area contributed by atoms with Gasteiger partial charge in [-0.05, 0) is 62.3 Å². The highest BCUT2D eigenvalue weighted by Crippen LogP contribution is 2.31. The number of rotatable bonds is 6. The molecule has 2 heterocycles. The Kier molecular flexibility index (Phi) is 6.59. The van der Waals surface area contributed by atoms with Gasteiger partial charge in [0.1, 0.15) is 0 Å². The van der Waals surface area contributed by atoms with E-state index in [4.69, 9.17) is 0 Å². The molecule has 0 unspecified atom stereocenters. The normalized spacial score (nSPS) is 23.4. The molecule has 1 saturated heterocycles. The van der Waals surface area contributed by atoms with Crippen LogP contribution in [0.3, 0.4) is 0 Å². The molecular formula is C29H36N4O3S. The molecule has 2 aliphatic carbocycles. The summed E-state index contributed by atoms with van der Waals surface area (Å²) in [6.07, 6.45) is 5.49. The zero-order valence-electron chi connectivity index (χ0n) is 21.5. The maximum Gasteiger partial charge on any atom is 0.240 e. The number of aromatic nitrogens is 1. The standard InChI is InChI=1S/C29H36N4O3S/c1-31-27(21-5-3-2-4-6-21)19-23-9-14-26(20-28(23)31)37(35,36)30-24-10-7-22(8-11-24)29(34)33-17-15-32(16-18-33)25-12-13-25/h2-6,9,14,19-20,22,24-25,30H,7-8,10-13,15-18H2,1H3/t22-,24-. The van der Waals surface area contributed by atoms with Crippen LogP contribution in [0.1, 0.15) is 38.5 Å². The summed E-state index contributed by atoms with van der Waals surface area (Å²) in [6, 6.07) is 18.2. The van der Waals surface area contributed by atoms with E-state index in [-0.39, 0.29) is 22.8 Å². The van der Waals surface area contributed by atoms with Gasteiger partial charge < -0.3 is 9.47 Å². The molecule has 0 atom stereocenters. The molecule has 3 aliphatic rings. The van der Waals surface area contributed by atoms with Gasteiger partial charge in [-0.1, -0.05) is 36.4 Å². The van der Waals surface area contributed by atoms with Crippen LogP contribution in [0.15, 0.2) is 59.5 Å². The highest BCUT2D eigenvalue weighted by atomic mass is 32.2. The monoisotopic (exact) mass is 520 g/mol. The van der Waals surface area contributed by atoms with E-state index in [2.05, 4.69) is 27.8 Å². The third kappa shape index (κ3) is 5.07. The van der Waals surface area contributed by atoms with Gasteiger partial charge in [-0.3, -0.25) is 9.69 Å². The maximum absolute atomic E-state index is 13.3. The Morgan fingerprint density at radius 3 is 2.24 bits per heavy atom. The van der Waals surface area contributed by atoms with Crippen molar-refractivity contribution in [1.82, 2.24) is 19.1 Å². The average Bonchev–Trinajstić information content (AvgIpc) is 3.72. The third-order valence-electron chi connectivity index (χ3n) is 8.48. The molecule has 1 amide bonds. The first-order chi connectivity index (χ1) is 17.9. The van der Waals surface area contributed by atoms with Crippen LogP contribution in [0.25, 0.3) is 22.2 Å². The number of fused-ring (bicyclic) bond motifs is 1. The number of nitrogens with one attached hydrogen (secondary N) is 1. The van der Waals surface area contributed by atoms with Crippen LogP contribution in [0.2, 0.25) is 0 Å². The smallest absolute Gasteiger partial charge is 0.240 e. The fourth-order valence-electron chi connectivity index (χ4n) is 6.11. The Morgan fingerprint density at radius 2 is 1.57 bits per heavy atom. The fraction of sp³-hybridized carbons (Fsp3) is 0.483. The van der Waals surface area contributed by atoms with Gasteiger partial charge in [0.15, 0.2) is 0 Å². The van der Waals surface area contributed by atoms with Gasteiger partial charge in [-0.2, -0.15) is 0 Å². The lowest BCUT2D eigenvalue weighted by atomic mass is 9.85. The predicted octanol–water partition coefficient (Wildman–Crippen LogP) is 3.99. The minimum atomic E-state index is -3.65. The maximum atomic E-state index is 13.3. The minimum absolute atomic E-state index is 0.0179. The molecule has 2 aromatic carbocycles. The largest absolute Gasteiger partial charge is 0.344 e. The van der Waals surface area contributed by atoms with E-state index in [1.165, 1.54) is 12.8 Å². The van der Waals surface area contributed by atoms with Crippen molar-refractivity contribution in [3.63, 3.8) is 0 Å². The second-order valence-electron chi connectivity index (χ2n) is 10.9. The molecule has 1 aromatic heterocycles. The van der Waals surface area contributed by atoms with Crippen LogP contribution in [-0.4, -0.2) is 67.0 Å². The lowest BCUT2D eigenvalue weighted by Gasteiger charge is -2.38. The van der Waals surface area contributed by atoms with E-state index in [1.807, 2.05) is 40.8 Å². The van der Waals surface area contributed by atoms with Gasteiger partial charge in [0, 0.05) is 67.8 Å². The second-order valence-corrected chi connectivity index (χ2v) is 12.7. The summed E-state index contributed by atoms with van der Waals surface area (Å²) < 4.78 is 31.5. The van der Waals surface area contributed by atoms with E-state index in [0.29, 0.717) is 12.8 Å². The van der Waals surface area contributed by atoms with Gasteiger partial charge in [-0.25, -0.2) is 13.1 Å². The van der Waals surface area contributed by atoms with E-state index in [1.54, 1.807) is 12.1 Å². The Balaban J connectivity index is 1.08. The topological polar surface area (TPSA) is 74.6 Å². The summed E-state index contributed by atoms with van der Waals surface area (Å²) in [5, 5.41) is 1.01. The Hall–Kier alpha value is -2.68. The summed E-state index contributed by atoms with van der Waals surface area (Å²) >= 11 is 0. The molecule has 0 spiro atoms. The average molecular weight is 521 g/mol. The number of benzene rings is 2. The lowest BCUT2D eigenvalue weighted by molar-refractivity contribution is -0.138. The number of sulfonamides is 1. The Labute approximate surface area is 219 Å². The molecule has 2 saturated carbocycles. The first-order valence-corrected chi connectivity index (χ1v) is 15.1. The van der Waals surface area contributed by atoms with Gasteiger partial charge in [0.25, 0.3) is 0 Å². The Morgan fingerprint density at radius 1 is 0.865 bits per heavy atom. The number of piperazine rings is 1. The third-order valence-corrected chi connectivity index (χ3v) is 10.0. The number of aryl methyl sites for hydroxylation is 1. The van der Waals surface area contributed by atoms with E-state index in [0.717, 1.165) is 67.2 Å². The molecule has 6 rings (SSSR count).